The molecule has 0 aromatic heterocycles. The Labute approximate surface area is 139 Å². The molecule has 1 aromatic rings. The van der Waals surface area contributed by atoms with Gasteiger partial charge in [0.25, 0.3) is 0 Å². The molecule has 1 saturated carbocycles. The molecule has 0 radical (unpaired) electrons. The van der Waals surface area contributed by atoms with E-state index in [4.69, 9.17) is 0 Å². The summed E-state index contributed by atoms with van der Waals surface area (Å²) in [6.45, 7) is 2.09. The van der Waals surface area contributed by atoms with Gasteiger partial charge in [0.2, 0.25) is 0 Å². The van der Waals surface area contributed by atoms with Crippen molar-refractivity contribution in [3.63, 3.8) is 0 Å². The number of aryl methyl sites for hydroxylation is 1. The lowest BCUT2D eigenvalue weighted by Gasteiger charge is -2.36. The van der Waals surface area contributed by atoms with Crippen LogP contribution in [0.4, 0.5) is 8.78 Å². The van der Waals surface area contributed by atoms with Crippen molar-refractivity contribution < 1.29 is 8.78 Å². The van der Waals surface area contributed by atoms with E-state index in [1.807, 2.05) is 0 Å². The van der Waals surface area contributed by atoms with E-state index in [0.29, 0.717) is 5.92 Å². The fourth-order valence-electron chi connectivity index (χ4n) is 4.63. The number of fused-ring (bicyclic) bond motifs is 1. The van der Waals surface area contributed by atoms with Gasteiger partial charge in [-0.15, -0.1) is 0 Å². The van der Waals surface area contributed by atoms with Crippen LogP contribution < -0.4 is 0 Å². The number of benzene rings is 1. The SMILES string of the molecule is C/C=C/CCC1CCC(C2CCc3cc(F)c(F)cc3C2)CC1. The van der Waals surface area contributed by atoms with Gasteiger partial charge >= 0.3 is 0 Å². The third-order valence-electron chi connectivity index (χ3n) is 6.04. The van der Waals surface area contributed by atoms with E-state index in [-0.39, 0.29) is 0 Å². The van der Waals surface area contributed by atoms with Crippen LogP contribution in [0.3, 0.4) is 0 Å². The maximum atomic E-state index is 13.5. The summed E-state index contributed by atoms with van der Waals surface area (Å²) in [6.07, 6.45) is 15.3. The minimum absolute atomic E-state index is 0.670. The molecule has 3 rings (SSSR count). The first-order chi connectivity index (χ1) is 11.2. The zero-order valence-electron chi connectivity index (χ0n) is 14.2. The predicted octanol–water partition coefficient (Wildman–Crippen LogP) is 6.23. The second-order valence-electron chi connectivity index (χ2n) is 7.47. The minimum Gasteiger partial charge on any atom is -0.204 e. The average Bonchev–Trinajstić information content (AvgIpc) is 2.56. The summed E-state index contributed by atoms with van der Waals surface area (Å²) in [5, 5.41) is 0. The standard InChI is InChI=1S/C21H28F2/c1-2-3-4-5-15-6-8-16(9-7-15)17-10-11-18-13-20(22)21(23)14-19(18)12-17/h2-3,13-17H,4-12H2,1H3/b3-2+. The van der Waals surface area contributed by atoms with Gasteiger partial charge in [-0.05, 0) is 92.9 Å². The molecule has 1 fully saturated rings. The molecule has 1 atom stereocenters. The van der Waals surface area contributed by atoms with Crippen LogP contribution in [0.2, 0.25) is 0 Å². The molecule has 1 aromatic carbocycles. The fourth-order valence-corrected chi connectivity index (χ4v) is 4.63. The summed E-state index contributed by atoms with van der Waals surface area (Å²) in [7, 11) is 0. The van der Waals surface area contributed by atoms with Gasteiger partial charge in [-0.25, -0.2) is 8.78 Å². The van der Waals surface area contributed by atoms with Crippen molar-refractivity contribution in [3.8, 4) is 0 Å². The molecule has 0 amide bonds. The van der Waals surface area contributed by atoms with Crippen LogP contribution in [0.25, 0.3) is 0 Å². The van der Waals surface area contributed by atoms with Crippen molar-refractivity contribution in [2.24, 2.45) is 17.8 Å². The van der Waals surface area contributed by atoms with Crippen molar-refractivity contribution in [1.29, 1.82) is 0 Å². The predicted molar refractivity (Wildman–Crippen MR) is 91.4 cm³/mol. The molecule has 23 heavy (non-hydrogen) atoms. The summed E-state index contributed by atoms with van der Waals surface area (Å²) in [4.78, 5) is 0. The second kappa shape index (κ2) is 7.59. The van der Waals surface area contributed by atoms with Crippen molar-refractivity contribution in [1.82, 2.24) is 0 Å². The van der Waals surface area contributed by atoms with Crippen LogP contribution in [-0.2, 0) is 12.8 Å². The molecule has 126 valence electrons. The molecule has 0 spiro atoms. The zero-order valence-corrected chi connectivity index (χ0v) is 14.2. The van der Waals surface area contributed by atoms with Crippen molar-refractivity contribution in [2.45, 2.75) is 64.7 Å². The monoisotopic (exact) mass is 318 g/mol. The number of hydrogen-bond donors (Lipinski definition) is 0. The Morgan fingerprint density at radius 3 is 2.35 bits per heavy atom. The largest absolute Gasteiger partial charge is 0.204 e. The molecule has 2 aliphatic carbocycles. The van der Waals surface area contributed by atoms with Gasteiger partial charge in [-0.3, -0.25) is 0 Å². The molecule has 0 heterocycles. The minimum atomic E-state index is -0.691. The second-order valence-corrected chi connectivity index (χ2v) is 7.47. The van der Waals surface area contributed by atoms with Gasteiger partial charge in [0.1, 0.15) is 0 Å². The normalized spacial score (nSPS) is 28.0. The van der Waals surface area contributed by atoms with Gasteiger partial charge in [0.05, 0.1) is 0 Å². The average molecular weight is 318 g/mol. The van der Waals surface area contributed by atoms with E-state index in [1.165, 1.54) is 50.7 Å². The summed E-state index contributed by atoms with van der Waals surface area (Å²) >= 11 is 0. The molecule has 0 aliphatic heterocycles. The summed E-state index contributed by atoms with van der Waals surface area (Å²) in [5.41, 5.74) is 2.08. The lowest BCUT2D eigenvalue weighted by molar-refractivity contribution is 0.185. The summed E-state index contributed by atoms with van der Waals surface area (Å²) < 4.78 is 26.8. The number of rotatable bonds is 4. The number of hydrogen-bond acceptors (Lipinski definition) is 0. The van der Waals surface area contributed by atoms with Gasteiger partial charge in [-0.2, -0.15) is 0 Å². The van der Waals surface area contributed by atoms with E-state index in [1.54, 1.807) is 0 Å². The highest BCUT2D eigenvalue weighted by Gasteiger charge is 2.30. The molecule has 1 unspecified atom stereocenters. The first-order valence-electron chi connectivity index (χ1n) is 9.25. The first kappa shape index (κ1) is 16.7. The van der Waals surface area contributed by atoms with E-state index in [9.17, 15) is 8.78 Å². The molecular formula is C21H28F2. The zero-order chi connectivity index (χ0) is 16.2. The van der Waals surface area contributed by atoms with Crippen LogP contribution in [0, 0.1) is 29.4 Å². The smallest absolute Gasteiger partial charge is 0.159 e. The first-order valence-corrected chi connectivity index (χ1v) is 9.25. The van der Waals surface area contributed by atoms with E-state index in [2.05, 4.69) is 19.1 Å². The van der Waals surface area contributed by atoms with Crippen LogP contribution in [0.15, 0.2) is 24.3 Å². The third-order valence-corrected chi connectivity index (χ3v) is 6.04. The molecule has 2 heteroatoms. The molecule has 2 aliphatic rings. The Morgan fingerprint density at radius 1 is 0.957 bits per heavy atom. The van der Waals surface area contributed by atoms with E-state index in [0.717, 1.165) is 42.2 Å². The van der Waals surface area contributed by atoms with E-state index < -0.39 is 11.6 Å². The van der Waals surface area contributed by atoms with Crippen LogP contribution in [0.5, 0.6) is 0 Å². The van der Waals surface area contributed by atoms with Crippen LogP contribution in [0.1, 0.15) is 63.0 Å². The quantitative estimate of drug-likeness (QED) is 0.577. The van der Waals surface area contributed by atoms with Gasteiger partial charge in [-0.1, -0.05) is 25.0 Å². The van der Waals surface area contributed by atoms with Crippen LogP contribution in [-0.4, -0.2) is 0 Å². The summed E-state index contributed by atoms with van der Waals surface area (Å²) in [6, 6.07) is 2.86. The van der Waals surface area contributed by atoms with E-state index >= 15 is 0 Å². The highest BCUT2D eigenvalue weighted by atomic mass is 19.2. The number of halogens is 2. The Kier molecular flexibility index (Phi) is 5.50. The lowest BCUT2D eigenvalue weighted by atomic mass is 9.69. The van der Waals surface area contributed by atoms with Crippen LogP contribution >= 0.6 is 0 Å². The Balaban J connectivity index is 1.54. The highest BCUT2D eigenvalue weighted by molar-refractivity contribution is 5.31. The Bertz CT molecular complexity index is 553. The third kappa shape index (κ3) is 4.02. The Hall–Kier alpha value is -1.18. The maximum Gasteiger partial charge on any atom is 0.159 e. The molecule has 0 N–H and O–H groups in total. The van der Waals surface area contributed by atoms with Crippen molar-refractivity contribution in [2.75, 3.05) is 0 Å². The summed E-state index contributed by atoms with van der Waals surface area (Å²) in [5.74, 6) is 0.976. The molecule has 0 bridgehead atoms. The molecular weight excluding hydrogens is 290 g/mol. The van der Waals surface area contributed by atoms with Crippen molar-refractivity contribution in [3.05, 3.63) is 47.0 Å². The maximum absolute atomic E-state index is 13.5. The van der Waals surface area contributed by atoms with Crippen molar-refractivity contribution >= 4 is 0 Å². The van der Waals surface area contributed by atoms with Gasteiger partial charge in [0.15, 0.2) is 11.6 Å². The highest BCUT2D eigenvalue weighted by Crippen LogP contribution is 2.40. The fraction of sp³-hybridized carbons (Fsp3) is 0.619. The number of allylic oxidation sites excluding steroid dienone is 2. The van der Waals surface area contributed by atoms with Gasteiger partial charge < -0.3 is 0 Å². The molecule has 0 nitrogen and oxygen atoms in total. The Morgan fingerprint density at radius 2 is 1.65 bits per heavy atom. The lowest BCUT2D eigenvalue weighted by Crippen LogP contribution is -2.26. The molecule has 0 saturated heterocycles. The topological polar surface area (TPSA) is 0 Å². The van der Waals surface area contributed by atoms with Gasteiger partial charge in [0, 0.05) is 0 Å².